The van der Waals surface area contributed by atoms with E-state index in [4.69, 9.17) is 0 Å². The number of carbonyl (C=O) groups is 1. The van der Waals surface area contributed by atoms with Gasteiger partial charge < -0.3 is 10.2 Å². The highest BCUT2D eigenvalue weighted by Gasteiger charge is 2.21. The first kappa shape index (κ1) is 22.4. The van der Waals surface area contributed by atoms with Gasteiger partial charge in [-0.2, -0.15) is 0 Å². The molecule has 1 aromatic carbocycles. The average Bonchev–Trinajstić information content (AvgIpc) is 3.18. The normalized spacial score (nSPS) is 17.6. The fraction of sp³-hybridized carbons (Fsp3) is 0.636. The molecular weight excluding hydrogens is 378 g/mol. The van der Waals surface area contributed by atoms with Crippen LogP contribution in [-0.4, -0.2) is 75.2 Å². The van der Waals surface area contributed by atoms with Crippen molar-refractivity contribution in [1.82, 2.24) is 35.3 Å². The number of likely N-dealkylation sites (tertiary alicyclic amines) is 1. The summed E-state index contributed by atoms with van der Waals surface area (Å²) in [7, 11) is 2.02. The summed E-state index contributed by atoms with van der Waals surface area (Å²) in [5.41, 5.74) is 1.38. The summed E-state index contributed by atoms with van der Waals surface area (Å²) >= 11 is 0. The van der Waals surface area contributed by atoms with Crippen LogP contribution in [0.2, 0.25) is 0 Å². The number of aromatic nitrogens is 4. The zero-order valence-corrected chi connectivity index (χ0v) is 18.5. The molecule has 1 aromatic heterocycles. The molecule has 0 spiro atoms. The van der Waals surface area contributed by atoms with Crippen molar-refractivity contribution in [2.45, 2.75) is 52.2 Å². The van der Waals surface area contributed by atoms with Crippen molar-refractivity contribution >= 4 is 5.91 Å². The van der Waals surface area contributed by atoms with Crippen LogP contribution in [-0.2, 0) is 24.3 Å². The zero-order chi connectivity index (χ0) is 21.3. The third-order valence-electron chi connectivity index (χ3n) is 5.92. The lowest BCUT2D eigenvalue weighted by atomic mass is 9.97. The number of rotatable bonds is 10. The number of hydrogen-bond donors (Lipinski definition) is 1. The summed E-state index contributed by atoms with van der Waals surface area (Å²) in [6.45, 7) is 9.00. The highest BCUT2D eigenvalue weighted by atomic mass is 16.2. The van der Waals surface area contributed by atoms with E-state index in [-0.39, 0.29) is 12.5 Å². The number of piperidine rings is 1. The second-order valence-electron chi connectivity index (χ2n) is 8.61. The van der Waals surface area contributed by atoms with Gasteiger partial charge in [0.25, 0.3) is 0 Å². The largest absolute Gasteiger partial charge is 0.354 e. The van der Waals surface area contributed by atoms with E-state index in [0.717, 1.165) is 32.5 Å². The van der Waals surface area contributed by atoms with Crippen LogP contribution in [0.1, 0.15) is 38.1 Å². The third kappa shape index (κ3) is 6.88. The number of tetrazole rings is 1. The second-order valence-corrected chi connectivity index (χ2v) is 8.61. The lowest BCUT2D eigenvalue weighted by Gasteiger charge is -2.32. The summed E-state index contributed by atoms with van der Waals surface area (Å²) in [6, 6.07) is 11.0. The molecule has 8 heteroatoms. The van der Waals surface area contributed by atoms with Gasteiger partial charge in [0, 0.05) is 25.7 Å². The van der Waals surface area contributed by atoms with Crippen molar-refractivity contribution in [3.63, 3.8) is 0 Å². The molecule has 1 fully saturated rings. The van der Waals surface area contributed by atoms with Crippen molar-refractivity contribution in [3.8, 4) is 0 Å². The van der Waals surface area contributed by atoms with Crippen LogP contribution in [0.4, 0.5) is 0 Å². The maximum Gasteiger partial charge on any atom is 0.241 e. The van der Waals surface area contributed by atoms with E-state index in [9.17, 15) is 4.79 Å². The Hall–Kier alpha value is -2.32. The number of nitrogens with zero attached hydrogens (tertiary/aromatic N) is 6. The fourth-order valence-electron chi connectivity index (χ4n) is 3.77. The minimum Gasteiger partial charge on any atom is -0.354 e. The van der Waals surface area contributed by atoms with Gasteiger partial charge >= 0.3 is 0 Å². The molecule has 30 heavy (non-hydrogen) atoms. The Morgan fingerprint density at radius 2 is 2.10 bits per heavy atom. The van der Waals surface area contributed by atoms with Crippen molar-refractivity contribution in [3.05, 3.63) is 41.7 Å². The molecule has 164 valence electrons. The molecule has 0 radical (unpaired) electrons. The number of hydrogen-bond acceptors (Lipinski definition) is 6. The molecule has 0 unspecified atom stereocenters. The van der Waals surface area contributed by atoms with E-state index < -0.39 is 0 Å². The van der Waals surface area contributed by atoms with E-state index in [1.54, 1.807) is 4.68 Å². The van der Waals surface area contributed by atoms with Crippen molar-refractivity contribution in [2.75, 3.05) is 33.2 Å². The molecular formula is C22H35N7O. The molecule has 1 atom stereocenters. The van der Waals surface area contributed by atoms with Crippen LogP contribution in [0.3, 0.4) is 0 Å². The number of carbonyl (C=O) groups excluding carboxylic acids is 1. The molecule has 0 bridgehead atoms. The Morgan fingerprint density at radius 1 is 1.30 bits per heavy atom. The van der Waals surface area contributed by atoms with E-state index in [2.05, 4.69) is 74.8 Å². The summed E-state index contributed by atoms with van der Waals surface area (Å²) in [4.78, 5) is 17.1. The molecule has 3 rings (SSSR count). The summed E-state index contributed by atoms with van der Waals surface area (Å²) < 4.78 is 1.60. The average molecular weight is 414 g/mol. The molecule has 1 N–H and O–H groups in total. The first-order chi connectivity index (χ1) is 14.5. The van der Waals surface area contributed by atoms with Crippen LogP contribution < -0.4 is 5.32 Å². The van der Waals surface area contributed by atoms with Gasteiger partial charge in [-0.1, -0.05) is 30.3 Å². The number of amides is 1. The first-order valence-corrected chi connectivity index (χ1v) is 11.0. The van der Waals surface area contributed by atoms with Gasteiger partial charge in [0.2, 0.25) is 5.91 Å². The predicted molar refractivity (Wildman–Crippen MR) is 117 cm³/mol. The van der Waals surface area contributed by atoms with Crippen LogP contribution in [0.25, 0.3) is 0 Å². The van der Waals surface area contributed by atoms with E-state index in [1.807, 2.05) is 7.05 Å². The third-order valence-corrected chi connectivity index (χ3v) is 5.92. The topological polar surface area (TPSA) is 79.2 Å². The minimum atomic E-state index is -0.0304. The Kier molecular flexibility index (Phi) is 8.33. The summed E-state index contributed by atoms with van der Waals surface area (Å²) in [5.74, 6) is 1.18. The van der Waals surface area contributed by atoms with Gasteiger partial charge in [0.1, 0.15) is 6.54 Å². The Morgan fingerprint density at radius 3 is 2.87 bits per heavy atom. The number of benzene rings is 1. The molecule has 0 aliphatic carbocycles. The molecule has 2 aromatic rings. The summed E-state index contributed by atoms with van der Waals surface area (Å²) in [6.07, 6.45) is 3.43. The molecule has 2 heterocycles. The highest BCUT2D eigenvalue weighted by molar-refractivity contribution is 5.75. The van der Waals surface area contributed by atoms with Crippen LogP contribution >= 0.6 is 0 Å². The minimum absolute atomic E-state index is 0.0304. The SMILES string of the molecule is CC(C)N(C)Cc1nnnn1CC(=O)NC[C@H]1CCCN(CCc2ccccc2)C1. The van der Waals surface area contributed by atoms with Crippen molar-refractivity contribution in [1.29, 1.82) is 0 Å². The first-order valence-electron chi connectivity index (χ1n) is 11.0. The molecule has 0 saturated carbocycles. The molecule has 1 aliphatic rings. The Bertz CT molecular complexity index is 777. The Balaban J connectivity index is 1.41. The lowest BCUT2D eigenvalue weighted by molar-refractivity contribution is -0.122. The monoisotopic (exact) mass is 413 g/mol. The van der Waals surface area contributed by atoms with Gasteiger partial charge in [-0.05, 0) is 68.6 Å². The van der Waals surface area contributed by atoms with Crippen molar-refractivity contribution in [2.24, 2.45) is 5.92 Å². The standard InChI is InChI=1S/C22H35N7O/c1-18(2)27(3)16-21-24-25-26-29(21)17-22(30)23-14-20-10-7-12-28(15-20)13-11-19-8-5-4-6-9-19/h4-6,8-9,18,20H,7,10-17H2,1-3H3,(H,23,30)/t20-/m1/s1. The fourth-order valence-corrected chi connectivity index (χ4v) is 3.77. The molecule has 1 saturated heterocycles. The van der Waals surface area contributed by atoms with Crippen molar-refractivity contribution < 1.29 is 4.79 Å². The molecule has 1 amide bonds. The summed E-state index contributed by atoms with van der Waals surface area (Å²) in [5, 5.41) is 14.9. The molecule has 8 nitrogen and oxygen atoms in total. The van der Waals surface area contributed by atoms with Gasteiger partial charge in [-0.3, -0.25) is 9.69 Å². The van der Waals surface area contributed by atoms with Gasteiger partial charge in [-0.15, -0.1) is 5.10 Å². The molecule has 1 aliphatic heterocycles. The van der Waals surface area contributed by atoms with Gasteiger partial charge in [0.05, 0.1) is 6.54 Å². The maximum atomic E-state index is 12.5. The van der Waals surface area contributed by atoms with E-state index >= 15 is 0 Å². The van der Waals surface area contributed by atoms with Gasteiger partial charge in [0.15, 0.2) is 5.82 Å². The van der Waals surface area contributed by atoms with Crippen LogP contribution in [0, 0.1) is 5.92 Å². The lowest BCUT2D eigenvalue weighted by Crippen LogP contribution is -2.42. The smallest absolute Gasteiger partial charge is 0.241 e. The number of nitrogens with one attached hydrogen (secondary N) is 1. The van der Waals surface area contributed by atoms with Gasteiger partial charge in [-0.25, -0.2) is 4.68 Å². The Labute approximate surface area is 179 Å². The van der Waals surface area contributed by atoms with E-state index in [1.165, 1.54) is 12.0 Å². The van der Waals surface area contributed by atoms with Crippen LogP contribution in [0.5, 0.6) is 0 Å². The van der Waals surface area contributed by atoms with E-state index in [0.29, 0.717) is 30.9 Å². The second kappa shape index (κ2) is 11.2. The quantitative estimate of drug-likeness (QED) is 0.637. The predicted octanol–water partition coefficient (Wildman–Crippen LogP) is 1.58. The maximum absolute atomic E-state index is 12.5. The zero-order valence-electron chi connectivity index (χ0n) is 18.5. The van der Waals surface area contributed by atoms with Crippen LogP contribution in [0.15, 0.2) is 30.3 Å². The highest BCUT2D eigenvalue weighted by Crippen LogP contribution is 2.16.